The number of hydrogen-bond donors (Lipinski definition) is 0. The predicted molar refractivity (Wildman–Crippen MR) is 56.6 cm³/mol. The van der Waals surface area contributed by atoms with E-state index in [1.165, 1.54) is 13.2 Å². The highest BCUT2D eigenvalue weighted by molar-refractivity contribution is 5.89. The van der Waals surface area contributed by atoms with E-state index in [0.717, 1.165) is 0 Å². The van der Waals surface area contributed by atoms with Gasteiger partial charge in [0, 0.05) is 12.7 Å². The lowest BCUT2D eigenvalue weighted by molar-refractivity contribution is -0.137. The Morgan fingerprint density at radius 2 is 2.11 bits per heavy atom. The Morgan fingerprint density at radius 1 is 1.47 bits per heavy atom. The predicted octanol–water partition coefficient (Wildman–Crippen LogP) is 2.67. The van der Waals surface area contributed by atoms with E-state index >= 15 is 0 Å². The van der Waals surface area contributed by atoms with E-state index < -0.39 is 41.4 Å². The molecule has 0 aliphatic heterocycles. The van der Waals surface area contributed by atoms with Crippen LogP contribution in [0.2, 0.25) is 0 Å². The van der Waals surface area contributed by atoms with Crippen molar-refractivity contribution in [3.8, 4) is 6.07 Å². The molecule has 0 heterocycles. The second-order valence-corrected chi connectivity index (χ2v) is 3.70. The minimum atomic E-state index is -4.67. The van der Waals surface area contributed by atoms with Crippen LogP contribution < -0.4 is 0 Å². The number of Topliss-reactive ketones (excluding diaryl/α,β-unsaturated/α-hetero) is 1. The van der Waals surface area contributed by atoms with Gasteiger partial charge in [-0.2, -0.15) is 18.4 Å². The van der Waals surface area contributed by atoms with Gasteiger partial charge in [0.1, 0.15) is 18.3 Å². The molecule has 0 aromatic heterocycles. The van der Waals surface area contributed by atoms with E-state index in [1.54, 1.807) is 0 Å². The highest BCUT2D eigenvalue weighted by atomic mass is 19.4. The van der Waals surface area contributed by atoms with Gasteiger partial charge < -0.3 is 4.74 Å². The third-order valence-corrected chi connectivity index (χ3v) is 2.37. The summed E-state index contributed by atoms with van der Waals surface area (Å²) < 4.78 is 55.5. The number of methoxy groups -OCH3 is 1. The maximum absolute atomic E-state index is 13.5. The standard InChI is InChI=1S/C12H9F4NO2/c1-19-6-11(18)9(5-17)8-4-7(12(14,15)16)2-3-10(8)13/h2-4,9H,6H2,1H3. The number of nitriles is 1. The van der Waals surface area contributed by atoms with Crippen LogP contribution in [0.4, 0.5) is 17.6 Å². The highest BCUT2D eigenvalue weighted by Gasteiger charge is 2.33. The van der Waals surface area contributed by atoms with Gasteiger partial charge >= 0.3 is 6.18 Å². The van der Waals surface area contributed by atoms with Crippen LogP contribution in [0.3, 0.4) is 0 Å². The summed E-state index contributed by atoms with van der Waals surface area (Å²) in [6.07, 6.45) is -4.67. The molecular formula is C12H9F4NO2. The number of ketones is 1. The normalized spacial score (nSPS) is 12.8. The molecule has 1 rings (SSSR count). The minimum Gasteiger partial charge on any atom is -0.377 e. The first-order valence-corrected chi connectivity index (χ1v) is 5.09. The van der Waals surface area contributed by atoms with Crippen molar-refractivity contribution in [2.75, 3.05) is 13.7 Å². The van der Waals surface area contributed by atoms with E-state index in [9.17, 15) is 22.4 Å². The maximum atomic E-state index is 13.5. The van der Waals surface area contributed by atoms with E-state index in [1.807, 2.05) is 0 Å². The fraction of sp³-hybridized carbons (Fsp3) is 0.333. The first-order chi connectivity index (χ1) is 8.81. The molecule has 1 atom stereocenters. The van der Waals surface area contributed by atoms with Gasteiger partial charge in [0.2, 0.25) is 0 Å². The molecule has 7 heteroatoms. The summed E-state index contributed by atoms with van der Waals surface area (Å²) in [5, 5.41) is 8.82. The van der Waals surface area contributed by atoms with E-state index in [-0.39, 0.29) is 0 Å². The third-order valence-electron chi connectivity index (χ3n) is 2.37. The molecule has 0 N–H and O–H groups in total. The van der Waals surface area contributed by atoms with Gasteiger partial charge in [-0.05, 0) is 18.2 Å². The lowest BCUT2D eigenvalue weighted by Crippen LogP contribution is -2.18. The molecule has 0 saturated heterocycles. The Bertz CT molecular complexity index is 519. The van der Waals surface area contributed by atoms with Crippen molar-refractivity contribution < 1.29 is 27.1 Å². The van der Waals surface area contributed by atoms with Crippen molar-refractivity contribution in [3.63, 3.8) is 0 Å². The zero-order chi connectivity index (χ0) is 14.6. The lowest BCUT2D eigenvalue weighted by Gasteiger charge is -2.12. The van der Waals surface area contributed by atoms with Crippen molar-refractivity contribution in [1.82, 2.24) is 0 Å². The Morgan fingerprint density at radius 3 is 2.58 bits per heavy atom. The van der Waals surface area contributed by atoms with Gasteiger partial charge in [-0.25, -0.2) is 4.39 Å². The van der Waals surface area contributed by atoms with Crippen LogP contribution in [0.5, 0.6) is 0 Å². The molecule has 102 valence electrons. The van der Waals surface area contributed by atoms with E-state index in [2.05, 4.69) is 4.74 Å². The largest absolute Gasteiger partial charge is 0.416 e. The van der Waals surface area contributed by atoms with Gasteiger partial charge in [-0.3, -0.25) is 4.79 Å². The second kappa shape index (κ2) is 5.80. The van der Waals surface area contributed by atoms with Crippen molar-refractivity contribution in [1.29, 1.82) is 5.26 Å². The topological polar surface area (TPSA) is 50.1 Å². The van der Waals surface area contributed by atoms with Crippen LogP contribution in [0.25, 0.3) is 0 Å². The van der Waals surface area contributed by atoms with Crippen LogP contribution in [0, 0.1) is 17.1 Å². The Labute approximate surface area is 106 Å². The molecule has 0 bridgehead atoms. The summed E-state index contributed by atoms with van der Waals surface area (Å²) in [6.45, 7) is -0.478. The van der Waals surface area contributed by atoms with Crippen LogP contribution in [0.1, 0.15) is 17.0 Å². The number of benzene rings is 1. The summed E-state index contributed by atoms with van der Waals surface area (Å²) in [4.78, 5) is 11.5. The fourth-order valence-corrected chi connectivity index (χ4v) is 1.48. The number of carbonyl (C=O) groups excluding carboxylic acids is 1. The lowest BCUT2D eigenvalue weighted by atomic mass is 9.94. The van der Waals surface area contributed by atoms with Crippen molar-refractivity contribution in [2.45, 2.75) is 12.1 Å². The number of ether oxygens (including phenoxy) is 1. The van der Waals surface area contributed by atoms with Crippen LogP contribution in [0.15, 0.2) is 18.2 Å². The average Bonchev–Trinajstić information content (AvgIpc) is 2.31. The van der Waals surface area contributed by atoms with Gasteiger partial charge in [0.25, 0.3) is 0 Å². The molecule has 0 radical (unpaired) electrons. The molecule has 3 nitrogen and oxygen atoms in total. The summed E-state index contributed by atoms with van der Waals surface area (Å²) >= 11 is 0. The number of alkyl halides is 3. The smallest absolute Gasteiger partial charge is 0.377 e. The number of halogens is 4. The third kappa shape index (κ3) is 3.51. The van der Waals surface area contributed by atoms with Gasteiger partial charge in [-0.15, -0.1) is 0 Å². The summed E-state index contributed by atoms with van der Waals surface area (Å²) in [5.41, 5.74) is -1.71. The molecule has 0 saturated carbocycles. The highest BCUT2D eigenvalue weighted by Crippen LogP contribution is 2.32. The summed E-state index contributed by atoms with van der Waals surface area (Å²) in [5.74, 6) is -3.46. The van der Waals surface area contributed by atoms with Crippen LogP contribution in [-0.2, 0) is 15.7 Å². The number of hydrogen-bond acceptors (Lipinski definition) is 3. The van der Waals surface area contributed by atoms with Crippen LogP contribution >= 0.6 is 0 Å². The Hall–Kier alpha value is -1.94. The Kier molecular flexibility index (Phi) is 4.62. The molecule has 0 amide bonds. The molecule has 1 aromatic carbocycles. The molecule has 0 aliphatic carbocycles. The number of nitrogens with zero attached hydrogens (tertiary/aromatic N) is 1. The zero-order valence-corrected chi connectivity index (χ0v) is 9.79. The molecule has 0 fully saturated rings. The molecule has 1 unspecified atom stereocenters. The average molecular weight is 275 g/mol. The van der Waals surface area contributed by atoms with E-state index in [0.29, 0.717) is 18.2 Å². The number of rotatable bonds is 4. The fourth-order valence-electron chi connectivity index (χ4n) is 1.48. The maximum Gasteiger partial charge on any atom is 0.416 e. The second-order valence-electron chi connectivity index (χ2n) is 3.70. The SMILES string of the molecule is COCC(=O)C(C#N)c1cc(C(F)(F)F)ccc1F. The van der Waals surface area contributed by atoms with Crippen molar-refractivity contribution in [2.24, 2.45) is 0 Å². The zero-order valence-electron chi connectivity index (χ0n) is 9.79. The first kappa shape index (κ1) is 15.1. The molecule has 19 heavy (non-hydrogen) atoms. The molecular weight excluding hydrogens is 266 g/mol. The van der Waals surface area contributed by atoms with Gasteiger partial charge in [0.05, 0.1) is 11.6 Å². The quantitative estimate of drug-likeness (QED) is 0.794. The Balaban J connectivity index is 3.25. The van der Waals surface area contributed by atoms with Gasteiger partial charge in [-0.1, -0.05) is 0 Å². The van der Waals surface area contributed by atoms with Crippen LogP contribution in [-0.4, -0.2) is 19.5 Å². The summed E-state index contributed by atoms with van der Waals surface area (Å²) in [7, 11) is 1.19. The summed E-state index contributed by atoms with van der Waals surface area (Å²) in [6, 6.07) is 3.09. The molecule has 0 aliphatic rings. The van der Waals surface area contributed by atoms with Gasteiger partial charge in [0.15, 0.2) is 5.78 Å². The number of carbonyl (C=O) groups is 1. The first-order valence-electron chi connectivity index (χ1n) is 5.09. The van der Waals surface area contributed by atoms with Crippen molar-refractivity contribution in [3.05, 3.63) is 35.1 Å². The van der Waals surface area contributed by atoms with E-state index in [4.69, 9.17) is 5.26 Å². The van der Waals surface area contributed by atoms with Crippen molar-refractivity contribution >= 4 is 5.78 Å². The monoisotopic (exact) mass is 275 g/mol. The molecule has 1 aromatic rings. The minimum absolute atomic E-state index is 0.469. The molecule has 0 spiro atoms.